The van der Waals surface area contributed by atoms with Crippen molar-refractivity contribution in [3.8, 4) is 6.07 Å². The van der Waals surface area contributed by atoms with Crippen LogP contribution in [0, 0.1) is 11.3 Å². The fourth-order valence-electron chi connectivity index (χ4n) is 3.01. The lowest BCUT2D eigenvalue weighted by atomic mass is 9.94. The third-order valence-electron chi connectivity index (χ3n) is 4.36. The number of nitrogens with zero attached hydrogens (tertiary/aromatic N) is 1. The van der Waals surface area contributed by atoms with Crippen LogP contribution >= 0.6 is 22.7 Å². The SMILES string of the molecule is COCCNC(=O)OC1CCc2c(sc(NC(=O)C=Cc3cccs3)c2C#N)C1. The van der Waals surface area contributed by atoms with Gasteiger partial charge in [-0.2, -0.15) is 5.26 Å². The van der Waals surface area contributed by atoms with Gasteiger partial charge in [0.25, 0.3) is 0 Å². The smallest absolute Gasteiger partial charge is 0.407 e. The quantitative estimate of drug-likeness (QED) is 0.516. The maximum atomic E-state index is 12.2. The van der Waals surface area contributed by atoms with Gasteiger partial charge < -0.3 is 20.1 Å². The molecule has 0 aliphatic heterocycles. The number of nitriles is 1. The fourth-order valence-corrected chi connectivity index (χ4v) is 4.89. The van der Waals surface area contributed by atoms with Crippen LogP contribution in [0.1, 0.15) is 27.3 Å². The monoisotopic (exact) mass is 431 g/mol. The second-order valence-electron chi connectivity index (χ2n) is 6.35. The summed E-state index contributed by atoms with van der Waals surface area (Å²) in [6.45, 7) is 0.810. The zero-order valence-corrected chi connectivity index (χ0v) is 17.5. The van der Waals surface area contributed by atoms with Crippen LogP contribution in [0.3, 0.4) is 0 Å². The first kappa shape index (κ1) is 21.0. The third-order valence-corrected chi connectivity index (χ3v) is 6.37. The van der Waals surface area contributed by atoms with Crippen molar-refractivity contribution in [2.45, 2.75) is 25.4 Å². The van der Waals surface area contributed by atoms with Crippen molar-refractivity contribution in [2.24, 2.45) is 0 Å². The molecular formula is C20H21N3O4S2. The molecule has 29 heavy (non-hydrogen) atoms. The minimum atomic E-state index is -0.472. The summed E-state index contributed by atoms with van der Waals surface area (Å²) in [5.41, 5.74) is 1.44. The largest absolute Gasteiger partial charge is 0.446 e. The summed E-state index contributed by atoms with van der Waals surface area (Å²) in [4.78, 5) is 26.0. The summed E-state index contributed by atoms with van der Waals surface area (Å²) >= 11 is 2.92. The highest BCUT2D eigenvalue weighted by Gasteiger charge is 2.28. The summed E-state index contributed by atoms with van der Waals surface area (Å²) in [5.74, 6) is -0.279. The molecule has 0 spiro atoms. The Morgan fingerprint density at radius 3 is 3.03 bits per heavy atom. The summed E-state index contributed by atoms with van der Waals surface area (Å²) in [7, 11) is 1.56. The van der Waals surface area contributed by atoms with E-state index in [9.17, 15) is 14.9 Å². The van der Waals surface area contributed by atoms with Gasteiger partial charge in [-0.05, 0) is 35.9 Å². The van der Waals surface area contributed by atoms with E-state index in [0.717, 1.165) is 15.3 Å². The Morgan fingerprint density at radius 2 is 2.31 bits per heavy atom. The van der Waals surface area contributed by atoms with E-state index in [4.69, 9.17) is 9.47 Å². The number of ether oxygens (including phenoxy) is 2. The van der Waals surface area contributed by atoms with Crippen LogP contribution < -0.4 is 10.6 Å². The first-order valence-corrected chi connectivity index (χ1v) is 10.8. The summed E-state index contributed by atoms with van der Waals surface area (Å²) in [6, 6.07) is 6.05. The molecule has 2 aromatic heterocycles. The number of thiophene rings is 2. The minimum Gasteiger partial charge on any atom is -0.446 e. The summed E-state index contributed by atoms with van der Waals surface area (Å²) in [5, 5.41) is 17.5. The molecule has 0 bridgehead atoms. The van der Waals surface area contributed by atoms with Crippen molar-refractivity contribution in [3.63, 3.8) is 0 Å². The van der Waals surface area contributed by atoms with Crippen molar-refractivity contribution in [1.82, 2.24) is 5.32 Å². The van der Waals surface area contributed by atoms with E-state index in [2.05, 4.69) is 16.7 Å². The zero-order valence-electron chi connectivity index (χ0n) is 15.9. The highest BCUT2D eigenvalue weighted by atomic mass is 32.1. The molecule has 1 atom stereocenters. The predicted octanol–water partition coefficient (Wildman–Crippen LogP) is 3.56. The topological polar surface area (TPSA) is 100 Å². The second kappa shape index (κ2) is 10.2. The van der Waals surface area contributed by atoms with Crippen LogP contribution in [-0.4, -0.2) is 38.4 Å². The molecule has 152 valence electrons. The Bertz CT molecular complexity index is 928. The van der Waals surface area contributed by atoms with Gasteiger partial charge in [-0.3, -0.25) is 4.79 Å². The average molecular weight is 432 g/mol. The number of hydrogen-bond acceptors (Lipinski definition) is 7. The summed E-state index contributed by atoms with van der Waals surface area (Å²) < 4.78 is 10.3. The van der Waals surface area contributed by atoms with Gasteiger partial charge in [0.15, 0.2) is 0 Å². The Hall–Kier alpha value is -2.67. The summed E-state index contributed by atoms with van der Waals surface area (Å²) in [6.07, 6.45) is 4.28. The van der Waals surface area contributed by atoms with E-state index in [1.54, 1.807) is 24.5 Å². The van der Waals surface area contributed by atoms with Gasteiger partial charge >= 0.3 is 6.09 Å². The highest BCUT2D eigenvalue weighted by Crippen LogP contribution is 2.38. The second-order valence-corrected chi connectivity index (χ2v) is 8.43. The first-order chi connectivity index (χ1) is 14.1. The number of fused-ring (bicyclic) bond motifs is 1. The van der Waals surface area contributed by atoms with E-state index in [0.29, 0.717) is 43.0 Å². The Labute approximate surface area is 176 Å². The zero-order chi connectivity index (χ0) is 20.6. The molecule has 0 fully saturated rings. The van der Waals surface area contributed by atoms with E-state index >= 15 is 0 Å². The lowest BCUT2D eigenvalue weighted by Crippen LogP contribution is -2.33. The van der Waals surface area contributed by atoms with Crippen LogP contribution in [0.25, 0.3) is 6.08 Å². The maximum absolute atomic E-state index is 12.2. The average Bonchev–Trinajstić information content (AvgIpc) is 3.33. The maximum Gasteiger partial charge on any atom is 0.407 e. The molecule has 2 N–H and O–H groups in total. The molecule has 0 radical (unpaired) electrons. The van der Waals surface area contributed by atoms with E-state index in [-0.39, 0.29) is 12.0 Å². The Kier molecular flexibility index (Phi) is 7.41. The van der Waals surface area contributed by atoms with Crippen LogP contribution in [0.2, 0.25) is 0 Å². The standard InChI is InChI=1S/C20H21N3O4S2/c1-26-9-8-22-20(25)27-13-4-6-15-16(12-21)19(29-17(15)11-13)23-18(24)7-5-14-3-2-10-28-14/h2-3,5,7,10,13H,4,6,8-9,11H2,1H3,(H,22,25)(H,23,24). The van der Waals surface area contributed by atoms with Crippen LogP contribution in [0.5, 0.6) is 0 Å². The molecule has 9 heteroatoms. The van der Waals surface area contributed by atoms with Crippen molar-refractivity contribution < 1.29 is 19.1 Å². The van der Waals surface area contributed by atoms with Gasteiger partial charge in [-0.1, -0.05) is 6.07 Å². The van der Waals surface area contributed by atoms with Gasteiger partial charge in [0.2, 0.25) is 5.91 Å². The van der Waals surface area contributed by atoms with Gasteiger partial charge in [0.1, 0.15) is 17.2 Å². The highest BCUT2D eigenvalue weighted by molar-refractivity contribution is 7.16. The lowest BCUT2D eigenvalue weighted by Gasteiger charge is -2.22. The van der Waals surface area contributed by atoms with E-state index in [1.807, 2.05) is 17.5 Å². The van der Waals surface area contributed by atoms with Crippen LogP contribution in [0.4, 0.5) is 9.80 Å². The number of alkyl carbamates (subject to hydrolysis) is 1. The molecule has 0 saturated carbocycles. The number of carbonyl (C=O) groups is 2. The normalized spacial score (nSPS) is 15.5. The molecule has 1 aliphatic rings. The molecular weight excluding hydrogens is 410 g/mol. The molecule has 0 aromatic carbocycles. The molecule has 2 heterocycles. The lowest BCUT2D eigenvalue weighted by molar-refractivity contribution is -0.111. The molecule has 3 rings (SSSR count). The minimum absolute atomic E-state index is 0.252. The fraction of sp³-hybridized carbons (Fsp3) is 0.350. The Balaban J connectivity index is 1.63. The van der Waals surface area contributed by atoms with Gasteiger partial charge in [-0.15, -0.1) is 22.7 Å². The van der Waals surface area contributed by atoms with Crippen LogP contribution in [-0.2, 0) is 27.1 Å². The van der Waals surface area contributed by atoms with Gasteiger partial charge in [0.05, 0.1) is 12.2 Å². The molecule has 1 unspecified atom stereocenters. The molecule has 0 saturated heterocycles. The van der Waals surface area contributed by atoms with Crippen molar-refractivity contribution in [2.75, 3.05) is 25.6 Å². The van der Waals surface area contributed by atoms with E-state index < -0.39 is 6.09 Å². The third kappa shape index (κ3) is 5.67. The number of carbonyl (C=O) groups excluding carboxylic acids is 2. The Morgan fingerprint density at radius 1 is 1.45 bits per heavy atom. The number of nitrogens with one attached hydrogen (secondary N) is 2. The van der Waals surface area contributed by atoms with Gasteiger partial charge in [-0.25, -0.2) is 4.79 Å². The number of methoxy groups -OCH3 is 1. The first-order valence-electron chi connectivity index (χ1n) is 9.11. The molecule has 7 nitrogen and oxygen atoms in total. The van der Waals surface area contributed by atoms with Crippen LogP contribution in [0.15, 0.2) is 23.6 Å². The molecule has 2 amide bonds. The van der Waals surface area contributed by atoms with E-state index in [1.165, 1.54) is 17.4 Å². The number of rotatable bonds is 7. The number of anilines is 1. The number of hydrogen-bond donors (Lipinski definition) is 2. The molecule has 2 aromatic rings. The van der Waals surface area contributed by atoms with Gasteiger partial charge in [0, 0.05) is 35.9 Å². The predicted molar refractivity (Wildman–Crippen MR) is 113 cm³/mol. The molecule has 1 aliphatic carbocycles. The van der Waals surface area contributed by atoms with Crippen molar-refractivity contribution >= 4 is 45.8 Å². The van der Waals surface area contributed by atoms with Crippen molar-refractivity contribution in [3.05, 3.63) is 44.5 Å². The number of amides is 2. The van der Waals surface area contributed by atoms with Crippen molar-refractivity contribution in [1.29, 1.82) is 5.26 Å².